The van der Waals surface area contributed by atoms with E-state index in [1.807, 2.05) is 38.4 Å². The summed E-state index contributed by atoms with van der Waals surface area (Å²) in [4.78, 5) is 22.4. The average Bonchev–Trinajstić information content (AvgIpc) is 2.59. The molecule has 0 aliphatic carbocycles. The topological polar surface area (TPSA) is 79.4 Å². The van der Waals surface area contributed by atoms with Gasteiger partial charge in [-0.2, -0.15) is 0 Å². The second kappa shape index (κ2) is 8.83. The summed E-state index contributed by atoms with van der Waals surface area (Å²) in [6.45, 7) is 1.56. The van der Waals surface area contributed by atoms with E-state index in [0.29, 0.717) is 18.1 Å². The molecule has 1 aromatic heterocycles. The molecule has 1 amide bonds. The predicted molar refractivity (Wildman–Crippen MR) is 93.8 cm³/mol. The van der Waals surface area contributed by atoms with E-state index < -0.39 is 0 Å². The molecule has 1 aromatic carbocycles. The van der Waals surface area contributed by atoms with Gasteiger partial charge in [-0.15, -0.1) is 0 Å². The number of rotatable bonds is 8. The first-order valence-corrected chi connectivity index (χ1v) is 7.74. The number of carbonyl (C=O) groups excluding carboxylic acids is 1. The number of nitrogens with zero attached hydrogens (tertiary/aromatic N) is 3. The van der Waals surface area contributed by atoms with Gasteiger partial charge < -0.3 is 20.3 Å². The first-order valence-electron chi connectivity index (χ1n) is 7.74. The maximum atomic E-state index is 12.0. The minimum absolute atomic E-state index is 0.162. The van der Waals surface area contributed by atoms with Gasteiger partial charge in [-0.05, 0) is 51.3 Å². The molecule has 2 rings (SSSR count). The predicted octanol–water partition coefficient (Wildman–Crippen LogP) is 1.91. The Kier molecular flexibility index (Phi) is 6.51. The lowest BCUT2D eigenvalue weighted by molar-refractivity contribution is 0.0951. The summed E-state index contributed by atoms with van der Waals surface area (Å²) in [7, 11) is 5.63. The van der Waals surface area contributed by atoms with Gasteiger partial charge in [0.05, 0.1) is 12.7 Å². The summed E-state index contributed by atoms with van der Waals surface area (Å²) < 4.78 is 5.11. The second-order valence-electron chi connectivity index (χ2n) is 5.56. The van der Waals surface area contributed by atoms with E-state index in [2.05, 4.69) is 25.5 Å². The maximum absolute atomic E-state index is 12.0. The molecule has 128 valence electrons. The lowest BCUT2D eigenvalue weighted by Crippen LogP contribution is -2.27. The number of hydrogen-bond donors (Lipinski definition) is 2. The van der Waals surface area contributed by atoms with Crippen molar-refractivity contribution in [2.45, 2.75) is 6.42 Å². The smallest absolute Gasteiger partial charge is 0.254 e. The Balaban J connectivity index is 1.86. The van der Waals surface area contributed by atoms with Gasteiger partial charge in [-0.1, -0.05) is 0 Å². The molecule has 0 saturated carbocycles. The fraction of sp³-hybridized carbons (Fsp3) is 0.353. The Morgan fingerprint density at radius 3 is 2.42 bits per heavy atom. The number of hydrogen-bond acceptors (Lipinski definition) is 6. The van der Waals surface area contributed by atoms with Crippen molar-refractivity contribution >= 4 is 17.5 Å². The van der Waals surface area contributed by atoms with Crippen LogP contribution in [0.3, 0.4) is 0 Å². The van der Waals surface area contributed by atoms with Gasteiger partial charge in [0, 0.05) is 24.6 Å². The lowest BCUT2D eigenvalue weighted by atomic mass is 10.3. The van der Waals surface area contributed by atoms with E-state index in [4.69, 9.17) is 4.74 Å². The lowest BCUT2D eigenvalue weighted by Gasteiger charge is -2.10. The molecule has 2 aromatic rings. The van der Waals surface area contributed by atoms with E-state index in [1.54, 1.807) is 7.11 Å². The van der Waals surface area contributed by atoms with Crippen molar-refractivity contribution in [1.29, 1.82) is 0 Å². The van der Waals surface area contributed by atoms with Gasteiger partial charge in [-0.25, -0.2) is 9.97 Å². The highest BCUT2D eigenvalue weighted by Crippen LogP contribution is 2.17. The van der Waals surface area contributed by atoms with Gasteiger partial charge in [0.15, 0.2) is 0 Å². The standard InChI is InChI=1S/C17H23N5O2/c1-22(2)10-4-9-18-16(23)13-11-19-17(20-12-13)21-14-5-7-15(24-3)8-6-14/h5-8,11-12H,4,9-10H2,1-3H3,(H,18,23)(H,19,20,21). The number of ether oxygens (including phenoxy) is 1. The van der Waals surface area contributed by atoms with Crippen LogP contribution < -0.4 is 15.4 Å². The van der Waals surface area contributed by atoms with Crippen molar-refractivity contribution in [2.75, 3.05) is 39.6 Å². The number of nitrogens with one attached hydrogen (secondary N) is 2. The SMILES string of the molecule is COc1ccc(Nc2ncc(C(=O)NCCCN(C)C)cn2)cc1. The first kappa shape index (κ1) is 17.7. The average molecular weight is 329 g/mol. The van der Waals surface area contributed by atoms with E-state index in [-0.39, 0.29) is 5.91 Å². The zero-order valence-corrected chi connectivity index (χ0v) is 14.2. The molecule has 0 fully saturated rings. The molecule has 2 N–H and O–H groups in total. The van der Waals surface area contributed by atoms with Crippen molar-refractivity contribution in [3.8, 4) is 5.75 Å². The van der Waals surface area contributed by atoms with E-state index >= 15 is 0 Å². The number of aromatic nitrogens is 2. The molecule has 0 saturated heterocycles. The molecule has 1 heterocycles. The third kappa shape index (κ3) is 5.51. The largest absolute Gasteiger partial charge is 0.497 e. The highest BCUT2D eigenvalue weighted by Gasteiger charge is 2.07. The van der Waals surface area contributed by atoms with E-state index in [0.717, 1.165) is 24.4 Å². The Morgan fingerprint density at radius 2 is 1.83 bits per heavy atom. The first-order chi connectivity index (χ1) is 11.6. The molecule has 0 aliphatic rings. The van der Waals surface area contributed by atoms with Crippen molar-refractivity contribution in [1.82, 2.24) is 20.2 Å². The van der Waals surface area contributed by atoms with Gasteiger partial charge in [0.1, 0.15) is 5.75 Å². The van der Waals surface area contributed by atoms with Crippen LogP contribution in [0.4, 0.5) is 11.6 Å². The summed E-state index contributed by atoms with van der Waals surface area (Å²) in [5.74, 6) is 1.05. The summed E-state index contributed by atoms with van der Waals surface area (Å²) in [6, 6.07) is 7.43. The molecule has 0 unspecified atom stereocenters. The summed E-state index contributed by atoms with van der Waals surface area (Å²) in [5.41, 5.74) is 1.29. The molecule has 0 aliphatic heterocycles. The second-order valence-corrected chi connectivity index (χ2v) is 5.56. The summed E-state index contributed by atoms with van der Waals surface area (Å²) >= 11 is 0. The third-order valence-corrected chi connectivity index (χ3v) is 3.33. The van der Waals surface area contributed by atoms with Crippen LogP contribution in [0.5, 0.6) is 5.75 Å². The van der Waals surface area contributed by atoms with Crippen LogP contribution in [0.25, 0.3) is 0 Å². The van der Waals surface area contributed by atoms with E-state index in [1.165, 1.54) is 12.4 Å². The van der Waals surface area contributed by atoms with Gasteiger partial charge in [0.2, 0.25) is 5.95 Å². The van der Waals surface area contributed by atoms with Crippen LogP contribution >= 0.6 is 0 Å². The number of methoxy groups -OCH3 is 1. The van der Waals surface area contributed by atoms with Gasteiger partial charge in [-0.3, -0.25) is 4.79 Å². The normalized spacial score (nSPS) is 10.5. The highest BCUT2D eigenvalue weighted by atomic mass is 16.5. The zero-order valence-electron chi connectivity index (χ0n) is 14.2. The van der Waals surface area contributed by atoms with Crippen LogP contribution in [0.2, 0.25) is 0 Å². The van der Waals surface area contributed by atoms with Crippen molar-refractivity contribution in [3.63, 3.8) is 0 Å². The summed E-state index contributed by atoms with van der Waals surface area (Å²) in [5, 5.41) is 5.93. The number of amides is 1. The highest BCUT2D eigenvalue weighted by molar-refractivity contribution is 5.93. The summed E-state index contributed by atoms with van der Waals surface area (Å²) in [6.07, 6.45) is 3.93. The van der Waals surface area contributed by atoms with E-state index in [9.17, 15) is 4.79 Å². The van der Waals surface area contributed by atoms with Crippen molar-refractivity contribution in [3.05, 3.63) is 42.2 Å². The molecule has 0 bridgehead atoms. The van der Waals surface area contributed by atoms with Gasteiger partial charge >= 0.3 is 0 Å². The number of carbonyl (C=O) groups is 1. The quantitative estimate of drug-likeness (QED) is 0.720. The third-order valence-electron chi connectivity index (χ3n) is 3.33. The van der Waals surface area contributed by atoms with Crippen LogP contribution in [0.1, 0.15) is 16.8 Å². The molecule has 0 spiro atoms. The zero-order chi connectivity index (χ0) is 17.4. The van der Waals surface area contributed by atoms with Crippen LogP contribution in [-0.4, -0.2) is 55.1 Å². The fourth-order valence-corrected chi connectivity index (χ4v) is 2.01. The Bertz CT molecular complexity index is 641. The van der Waals surface area contributed by atoms with Gasteiger partial charge in [0.25, 0.3) is 5.91 Å². The maximum Gasteiger partial charge on any atom is 0.254 e. The molecule has 24 heavy (non-hydrogen) atoms. The molecular formula is C17H23N5O2. The minimum atomic E-state index is -0.162. The molecular weight excluding hydrogens is 306 g/mol. The fourth-order valence-electron chi connectivity index (χ4n) is 2.01. The number of anilines is 2. The molecule has 0 atom stereocenters. The Hall–Kier alpha value is -2.67. The Morgan fingerprint density at radius 1 is 1.17 bits per heavy atom. The molecule has 7 heteroatoms. The van der Waals surface area contributed by atoms with Crippen LogP contribution in [-0.2, 0) is 0 Å². The molecule has 7 nitrogen and oxygen atoms in total. The monoisotopic (exact) mass is 329 g/mol. The van der Waals surface area contributed by atoms with Crippen molar-refractivity contribution in [2.24, 2.45) is 0 Å². The van der Waals surface area contributed by atoms with Crippen molar-refractivity contribution < 1.29 is 9.53 Å². The Labute approximate surface area is 142 Å². The van der Waals surface area contributed by atoms with Crippen LogP contribution in [0, 0.1) is 0 Å². The minimum Gasteiger partial charge on any atom is -0.497 e. The molecule has 0 radical (unpaired) electrons. The van der Waals surface area contributed by atoms with Crippen LogP contribution in [0.15, 0.2) is 36.7 Å². The number of benzene rings is 1.